The first kappa shape index (κ1) is 7.38. The van der Waals surface area contributed by atoms with Gasteiger partial charge < -0.3 is 11.1 Å². The summed E-state index contributed by atoms with van der Waals surface area (Å²) in [6, 6.07) is 10.0. The Hall–Kier alpha value is -2.03. The summed E-state index contributed by atoms with van der Waals surface area (Å²) in [4.78, 5) is 4.25. The van der Waals surface area contributed by atoms with Crippen molar-refractivity contribution in [3.05, 3.63) is 30.3 Å². The van der Waals surface area contributed by atoms with Crippen molar-refractivity contribution in [2.24, 2.45) is 4.99 Å². The van der Waals surface area contributed by atoms with Crippen LogP contribution in [0.1, 0.15) is 0 Å². The number of nitrogens with zero attached hydrogens (tertiary/aromatic N) is 1. The summed E-state index contributed by atoms with van der Waals surface area (Å²) in [6.45, 7) is 0. The zero-order valence-corrected chi connectivity index (χ0v) is 7.49. The summed E-state index contributed by atoms with van der Waals surface area (Å²) < 4.78 is 0. The minimum atomic E-state index is 0.725. The van der Waals surface area contributed by atoms with Gasteiger partial charge in [0.05, 0.1) is 17.7 Å². The van der Waals surface area contributed by atoms with Crippen LogP contribution in [0.2, 0.25) is 0 Å². The number of nitrogens with one attached hydrogen (secondary N) is 1. The van der Waals surface area contributed by atoms with Crippen LogP contribution in [0.15, 0.2) is 35.3 Å². The van der Waals surface area contributed by atoms with E-state index in [1.165, 1.54) is 0 Å². The molecular formula is C11H9N3. The van der Waals surface area contributed by atoms with E-state index in [1.807, 2.05) is 24.3 Å². The second-order valence-electron chi connectivity index (χ2n) is 3.31. The molecule has 0 unspecified atom stereocenters. The van der Waals surface area contributed by atoms with Crippen LogP contribution in [0, 0.1) is 0 Å². The Kier molecular flexibility index (Phi) is 1.31. The molecule has 3 rings (SSSR count). The topological polar surface area (TPSA) is 50.4 Å². The lowest BCUT2D eigenvalue weighted by atomic mass is 10.0. The summed E-state index contributed by atoms with van der Waals surface area (Å²) in [7, 11) is 0. The molecule has 14 heavy (non-hydrogen) atoms. The third kappa shape index (κ3) is 0.836. The fourth-order valence-electron chi connectivity index (χ4n) is 1.80. The highest BCUT2D eigenvalue weighted by Gasteiger charge is 2.10. The van der Waals surface area contributed by atoms with Crippen LogP contribution in [-0.2, 0) is 0 Å². The molecule has 1 heterocycles. The number of hydrogen-bond acceptors (Lipinski definition) is 3. The fraction of sp³-hybridized carbons (Fsp3) is 0. The van der Waals surface area contributed by atoms with Crippen LogP contribution in [0.25, 0.3) is 10.8 Å². The largest absolute Gasteiger partial charge is 0.397 e. The number of benzene rings is 2. The average molecular weight is 183 g/mol. The van der Waals surface area contributed by atoms with Crippen molar-refractivity contribution >= 4 is 34.2 Å². The summed E-state index contributed by atoms with van der Waals surface area (Å²) >= 11 is 0. The van der Waals surface area contributed by atoms with E-state index in [0.717, 1.165) is 27.8 Å². The second-order valence-corrected chi connectivity index (χ2v) is 3.31. The first-order valence-corrected chi connectivity index (χ1v) is 4.46. The Morgan fingerprint density at radius 3 is 3.00 bits per heavy atom. The predicted molar refractivity (Wildman–Crippen MR) is 60.1 cm³/mol. The van der Waals surface area contributed by atoms with Crippen LogP contribution in [0.4, 0.5) is 17.1 Å². The molecule has 3 nitrogen and oxygen atoms in total. The molecular weight excluding hydrogens is 174 g/mol. The number of hydrogen-bond donors (Lipinski definition) is 2. The molecule has 2 aromatic carbocycles. The zero-order valence-electron chi connectivity index (χ0n) is 7.49. The Morgan fingerprint density at radius 1 is 1.14 bits per heavy atom. The molecule has 0 bridgehead atoms. The fourth-order valence-corrected chi connectivity index (χ4v) is 1.80. The lowest BCUT2D eigenvalue weighted by molar-refractivity contribution is 1.52. The van der Waals surface area contributed by atoms with Crippen molar-refractivity contribution in [3.8, 4) is 0 Å². The third-order valence-corrected chi connectivity index (χ3v) is 2.46. The summed E-state index contributed by atoms with van der Waals surface area (Å²) in [6.07, 6.45) is 1.67. The molecule has 3 heteroatoms. The standard InChI is InChI=1S/C11H9N3/c12-8-5-4-7-2-1-3-9-10(7)11(8)14-6-13-9/h1-6H,12H2,(H,13,14). The molecule has 0 saturated carbocycles. The maximum Gasteiger partial charge on any atom is 0.0975 e. The van der Waals surface area contributed by atoms with Gasteiger partial charge in [-0.1, -0.05) is 18.2 Å². The summed E-state index contributed by atoms with van der Waals surface area (Å²) in [5.41, 5.74) is 8.52. The maximum atomic E-state index is 5.86. The quantitative estimate of drug-likeness (QED) is 0.616. The second kappa shape index (κ2) is 2.48. The van der Waals surface area contributed by atoms with Gasteiger partial charge in [-0.05, 0) is 17.5 Å². The van der Waals surface area contributed by atoms with Crippen LogP contribution >= 0.6 is 0 Å². The lowest BCUT2D eigenvalue weighted by Crippen LogP contribution is -2.01. The molecule has 2 aromatic rings. The van der Waals surface area contributed by atoms with Gasteiger partial charge in [0.15, 0.2) is 0 Å². The Bertz CT molecular complexity index is 543. The molecule has 0 amide bonds. The molecule has 3 N–H and O–H groups in total. The van der Waals surface area contributed by atoms with E-state index < -0.39 is 0 Å². The first-order chi connectivity index (χ1) is 6.86. The number of anilines is 2. The van der Waals surface area contributed by atoms with Crippen molar-refractivity contribution in [1.82, 2.24) is 0 Å². The number of nitrogen functional groups attached to an aromatic ring is 1. The van der Waals surface area contributed by atoms with Gasteiger partial charge in [0, 0.05) is 11.1 Å². The van der Waals surface area contributed by atoms with Crippen molar-refractivity contribution in [2.45, 2.75) is 0 Å². The number of rotatable bonds is 0. The molecule has 0 fully saturated rings. The number of aliphatic imine (C=N–C) groups is 1. The summed E-state index contributed by atoms with van der Waals surface area (Å²) in [5.74, 6) is 0. The van der Waals surface area contributed by atoms with Gasteiger partial charge in [-0.3, -0.25) is 0 Å². The normalized spacial score (nSPS) is 12.9. The molecule has 0 atom stereocenters. The van der Waals surface area contributed by atoms with E-state index in [1.54, 1.807) is 6.34 Å². The van der Waals surface area contributed by atoms with Crippen LogP contribution < -0.4 is 11.1 Å². The van der Waals surface area contributed by atoms with Gasteiger partial charge in [-0.25, -0.2) is 4.99 Å². The SMILES string of the molecule is Nc1ccc2cccc3c2c1N=CN3. The molecule has 0 saturated heterocycles. The van der Waals surface area contributed by atoms with Crippen molar-refractivity contribution in [1.29, 1.82) is 0 Å². The summed E-state index contributed by atoms with van der Waals surface area (Å²) in [5, 5.41) is 5.38. The van der Waals surface area contributed by atoms with Gasteiger partial charge in [0.2, 0.25) is 0 Å². The van der Waals surface area contributed by atoms with E-state index in [4.69, 9.17) is 5.73 Å². The van der Waals surface area contributed by atoms with Crippen LogP contribution in [-0.4, -0.2) is 6.34 Å². The highest BCUT2D eigenvalue weighted by atomic mass is 15.0. The molecule has 1 aliphatic heterocycles. The Morgan fingerprint density at radius 2 is 2.07 bits per heavy atom. The Labute approximate surface area is 81.3 Å². The van der Waals surface area contributed by atoms with E-state index in [2.05, 4.69) is 16.4 Å². The molecule has 1 aliphatic rings. The highest BCUT2D eigenvalue weighted by molar-refractivity contribution is 6.11. The highest BCUT2D eigenvalue weighted by Crippen LogP contribution is 2.38. The lowest BCUT2D eigenvalue weighted by Gasteiger charge is -2.14. The third-order valence-electron chi connectivity index (χ3n) is 2.46. The smallest absolute Gasteiger partial charge is 0.0975 e. The van der Waals surface area contributed by atoms with Gasteiger partial charge >= 0.3 is 0 Å². The average Bonchev–Trinajstić information content (AvgIpc) is 2.24. The predicted octanol–water partition coefficient (Wildman–Crippen LogP) is 2.51. The van der Waals surface area contributed by atoms with Gasteiger partial charge in [-0.15, -0.1) is 0 Å². The molecule has 0 radical (unpaired) electrons. The molecule has 0 aromatic heterocycles. The first-order valence-electron chi connectivity index (χ1n) is 4.46. The van der Waals surface area contributed by atoms with Crippen molar-refractivity contribution in [3.63, 3.8) is 0 Å². The van der Waals surface area contributed by atoms with Crippen LogP contribution in [0.5, 0.6) is 0 Å². The molecule has 68 valence electrons. The van der Waals surface area contributed by atoms with E-state index >= 15 is 0 Å². The van der Waals surface area contributed by atoms with Crippen molar-refractivity contribution in [2.75, 3.05) is 11.1 Å². The molecule has 0 aliphatic carbocycles. The molecule has 0 spiro atoms. The van der Waals surface area contributed by atoms with E-state index in [9.17, 15) is 0 Å². The minimum absolute atomic E-state index is 0.725. The number of nitrogens with two attached hydrogens (primary N) is 1. The van der Waals surface area contributed by atoms with Gasteiger partial charge in [0.1, 0.15) is 0 Å². The maximum absolute atomic E-state index is 5.86. The Balaban J connectivity index is 2.56. The van der Waals surface area contributed by atoms with Gasteiger partial charge in [0.25, 0.3) is 0 Å². The minimum Gasteiger partial charge on any atom is -0.397 e. The van der Waals surface area contributed by atoms with Crippen molar-refractivity contribution < 1.29 is 0 Å². The van der Waals surface area contributed by atoms with E-state index in [-0.39, 0.29) is 0 Å². The van der Waals surface area contributed by atoms with Crippen LogP contribution in [0.3, 0.4) is 0 Å². The zero-order chi connectivity index (χ0) is 9.54. The van der Waals surface area contributed by atoms with E-state index in [0.29, 0.717) is 0 Å². The monoisotopic (exact) mass is 183 g/mol. The van der Waals surface area contributed by atoms with Gasteiger partial charge in [-0.2, -0.15) is 0 Å².